The minimum atomic E-state index is -0.669. The first-order valence-electron chi connectivity index (χ1n) is 15.3. The van der Waals surface area contributed by atoms with Crippen molar-refractivity contribution in [3.05, 3.63) is 59.4 Å². The van der Waals surface area contributed by atoms with Crippen LogP contribution in [0.4, 0.5) is 5.69 Å². The van der Waals surface area contributed by atoms with Gasteiger partial charge in [0.15, 0.2) is 0 Å². The summed E-state index contributed by atoms with van der Waals surface area (Å²) in [5.74, 6) is -0.850. The van der Waals surface area contributed by atoms with E-state index in [2.05, 4.69) is 40.2 Å². The smallest absolute Gasteiger partial charge is 0.259 e. The van der Waals surface area contributed by atoms with Gasteiger partial charge in [-0.2, -0.15) is 5.10 Å². The molecule has 2 atom stereocenters. The molecule has 2 saturated heterocycles. The summed E-state index contributed by atoms with van der Waals surface area (Å²) >= 11 is 0. The molecule has 41 heavy (non-hydrogen) atoms. The third kappa shape index (κ3) is 4.05. The number of nitrogens with one attached hydrogen (secondary N) is 1. The SMILES string of the molecule is CC1(CN2CC[C@@H](n3cc(Cc4ccc5c6c(cccc46)C(=O)N5C4CCC(=O)NC4=O)cn3)CC23CC3)CCC1. The highest BCUT2D eigenvalue weighted by atomic mass is 16.2. The number of rotatable bonds is 6. The molecule has 5 aliphatic rings. The van der Waals surface area contributed by atoms with Gasteiger partial charge in [0, 0.05) is 48.6 Å². The highest BCUT2D eigenvalue weighted by Gasteiger charge is 2.53. The van der Waals surface area contributed by atoms with E-state index in [9.17, 15) is 14.4 Å². The van der Waals surface area contributed by atoms with Crippen molar-refractivity contribution in [2.75, 3.05) is 18.0 Å². The highest BCUT2D eigenvalue weighted by Crippen LogP contribution is 2.53. The van der Waals surface area contributed by atoms with Gasteiger partial charge in [0.05, 0.1) is 17.9 Å². The Labute approximate surface area is 240 Å². The van der Waals surface area contributed by atoms with Gasteiger partial charge < -0.3 is 0 Å². The highest BCUT2D eigenvalue weighted by molar-refractivity contribution is 6.27. The first-order valence-corrected chi connectivity index (χ1v) is 15.3. The van der Waals surface area contributed by atoms with Crippen molar-refractivity contribution >= 4 is 34.2 Å². The molecule has 8 nitrogen and oxygen atoms in total. The van der Waals surface area contributed by atoms with E-state index in [1.165, 1.54) is 57.2 Å². The van der Waals surface area contributed by atoms with Crippen molar-refractivity contribution < 1.29 is 14.4 Å². The largest absolute Gasteiger partial charge is 0.297 e. The molecule has 4 heterocycles. The fourth-order valence-electron chi connectivity index (χ4n) is 8.10. The number of nitrogens with zero attached hydrogens (tertiary/aromatic N) is 4. The van der Waals surface area contributed by atoms with Crippen LogP contribution in [0.15, 0.2) is 42.7 Å². The van der Waals surface area contributed by atoms with Crippen LogP contribution in [0.25, 0.3) is 10.8 Å². The second-order valence-corrected chi connectivity index (χ2v) is 13.6. The lowest BCUT2D eigenvalue weighted by molar-refractivity contribution is -0.134. The van der Waals surface area contributed by atoms with Crippen LogP contribution < -0.4 is 10.2 Å². The minimum absolute atomic E-state index is 0.170. The molecule has 212 valence electrons. The van der Waals surface area contributed by atoms with E-state index < -0.39 is 11.9 Å². The van der Waals surface area contributed by atoms with Gasteiger partial charge in [-0.05, 0) is 79.0 Å². The summed E-state index contributed by atoms with van der Waals surface area (Å²) in [7, 11) is 0. The number of anilines is 1. The minimum Gasteiger partial charge on any atom is -0.297 e. The number of piperidine rings is 2. The van der Waals surface area contributed by atoms with Gasteiger partial charge in [0.1, 0.15) is 6.04 Å². The van der Waals surface area contributed by atoms with Crippen LogP contribution in [0.3, 0.4) is 0 Å². The van der Waals surface area contributed by atoms with Crippen molar-refractivity contribution in [1.29, 1.82) is 0 Å². The van der Waals surface area contributed by atoms with Crippen molar-refractivity contribution in [3.8, 4) is 0 Å². The number of hydrogen-bond acceptors (Lipinski definition) is 5. The molecule has 2 aliphatic carbocycles. The van der Waals surface area contributed by atoms with Crippen LogP contribution in [-0.4, -0.2) is 57.1 Å². The number of amides is 3. The monoisotopic (exact) mass is 551 g/mol. The molecule has 4 fully saturated rings. The summed E-state index contributed by atoms with van der Waals surface area (Å²) in [4.78, 5) is 42.2. The molecule has 3 aromatic rings. The maximum absolute atomic E-state index is 13.5. The van der Waals surface area contributed by atoms with E-state index in [-0.39, 0.29) is 18.2 Å². The Balaban J connectivity index is 1.02. The lowest BCUT2D eigenvalue weighted by atomic mass is 9.69. The third-order valence-electron chi connectivity index (χ3n) is 10.7. The van der Waals surface area contributed by atoms with Gasteiger partial charge in [-0.15, -0.1) is 0 Å². The maximum atomic E-state index is 13.5. The van der Waals surface area contributed by atoms with Crippen molar-refractivity contribution in [1.82, 2.24) is 20.0 Å². The van der Waals surface area contributed by atoms with Crippen LogP contribution >= 0.6 is 0 Å². The fraction of sp³-hybridized carbons (Fsp3) is 0.515. The predicted molar refractivity (Wildman–Crippen MR) is 156 cm³/mol. The Morgan fingerprint density at radius 3 is 2.66 bits per heavy atom. The fourth-order valence-corrected chi connectivity index (χ4v) is 8.10. The Morgan fingerprint density at radius 1 is 1.05 bits per heavy atom. The molecule has 3 amide bonds. The number of benzene rings is 2. The van der Waals surface area contributed by atoms with Crippen molar-refractivity contribution in [3.63, 3.8) is 0 Å². The number of likely N-dealkylation sites (tertiary alicyclic amines) is 1. The summed E-state index contributed by atoms with van der Waals surface area (Å²) < 4.78 is 2.21. The molecule has 1 N–H and O–H groups in total. The van der Waals surface area contributed by atoms with E-state index in [1.54, 1.807) is 4.90 Å². The molecule has 8 heteroatoms. The van der Waals surface area contributed by atoms with Crippen molar-refractivity contribution in [2.24, 2.45) is 5.41 Å². The third-order valence-corrected chi connectivity index (χ3v) is 10.7. The number of imide groups is 1. The molecule has 8 rings (SSSR count). The van der Waals surface area contributed by atoms with Crippen LogP contribution in [0.2, 0.25) is 0 Å². The Bertz CT molecular complexity index is 1600. The molecular formula is C33H37N5O3. The average molecular weight is 552 g/mol. The van der Waals surface area contributed by atoms with E-state index in [0.717, 1.165) is 34.9 Å². The number of carbonyl (C=O) groups is 3. The topological polar surface area (TPSA) is 87.5 Å². The van der Waals surface area contributed by atoms with Gasteiger partial charge >= 0.3 is 0 Å². The molecule has 2 aromatic carbocycles. The quantitative estimate of drug-likeness (QED) is 0.447. The van der Waals surface area contributed by atoms with Crippen LogP contribution in [0.1, 0.15) is 92.2 Å². The molecule has 1 aromatic heterocycles. The number of aromatic nitrogens is 2. The summed E-state index contributed by atoms with van der Waals surface area (Å²) in [6, 6.07) is 9.66. The van der Waals surface area contributed by atoms with Gasteiger partial charge in [-0.25, -0.2) is 0 Å². The van der Waals surface area contributed by atoms with Crippen LogP contribution in [0, 0.1) is 5.41 Å². The molecule has 1 unspecified atom stereocenters. The second-order valence-electron chi connectivity index (χ2n) is 13.6. The Morgan fingerprint density at radius 2 is 1.90 bits per heavy atom. The molecule has 1 spiro atoms. The zero-order valence-corrected chi connectivity index (χ0v) is 23.7. The summed E-state index contributed by atoms with van der Waals surface area (Å²) in [6.07, 6.45) is 14.7. The molecule has 0 radical (unpaired) electrons. The lowest BCUT2D eigenvalue weighted by Crippen LogP contribution is -2.53. The van der Waals surface area contributed by atoms with Crippen LogP contribution in [-0.2, 0) is 16.0 Å². The summed E-state index contributed by atoms with van der Waals surface area (Å²) in [5, 5.41) is 9.18. The van der Waals surface area contributed by atoms with E-state index in [1.807, 2.05) is 24.4 Å². The normalized spacial score (nSPS) is 26.5. The average Bonchev–Trinajstić information content (AvgIpc) is 3.44. The number of carbonyl (C=O) groups excluding carboxylic acids is 3. The van der Waals surface area contributed by atoms with Gasteiger partial charge in [0.2, 0.25) is 11.8 Å². The van der Waals surface area contributed by atoms with E-state index in [0.29, 0.717) is 29.0 Å². The first kappa shape index (κ1) is 25.2. The zero-order valence-electron chi connectivity index (χ0n) is 23.7. The van der Waals surface area contributed by atoms with Crippen molar-refractivity contribution in [2.45, 2.75) is 88.8 Å². The lowest BCUT2D eigenvalue weighted by Gasteiger charge is -2.48. The molecule has 3 aliphatic heterocycles. The molecule has 0 bridgehead atoms. The molecular weight excluding hydrogens is 514 g/mol. The van der Waals surface area contributed by atoms with E-state index >= 15 is 0 Å². The molecule has 2 saturated carbocycles. The van der Waals surface area contributed by atoms with Gasteiger partial charge in [-0.3, -0.25) is 34.2 Å². The first-order chi connectivity index (χ1) is 19.8. The second kappa shape index (κ2) is 8.99. The maximum Gasteiger partial charge on any atom is 0.259 e. The zero-order chi connectivity index (χ0) is 27.9. The number of hydrogen-bond donors (Lipinski definition) is 1. The van der Waals surface area contributed by atoms with Gasteiger partial charge in [0.25, 0.3) is 5.91 Å². The standard InChI is InChI=1S/C33H37N5O3/c1-32(11-3-12-32)20-36-15-10-23(17-33(36)13-14-33)37-19-21(18-34-37)16-22-6-7-26-29-24(22)4-2-5-25(29)31(41)38(26)27-8-9-28(39)35-30(27)40/h2,4-7,18-19,23,27H,3,8-17,20H2,1H3,(H,35,39,40)/t23-,27?/m1/s1. The van der Waals surface area contributed by atoms with Gasteiger partial charge in [-0.1, -0.05) is 31.5 Å². The van der Waals surface area contributed by atoms with E-state index in [4.69, 9.17) is 5.10 Å². The predicted octanol–water partition coefficient (Wildman–Crippen LogP) is 4.75. The summed E-state index contributed by atoms with van der Waals surface area (Å²) in [6.45, 7) is 4.90. The van der Waals surface area contributed by atoms with Crippen LogP contribution in [0.5, 0.6) is 0 Å². The Hall–Kier alpha value is -3.52. The summed E-state index contributed by atoms with van der Waals surface area (Å²) in [5.41, 5.74) is 4.62. The Kier molecular flexibility index (Phi) is 5.53.